The van der Waals surface area contributed by atoms with Crippen LogP contribution in [0.15, 0.2) is 60.9 Å². The quantitative estimate of drug-likeness (QED) is 0.465. The molecule has 0 atom stereocenters. The molecule has 0 aliphatic carbocycles. The zero-order valence-electron chi connectivity index (χ0n) is 16.9. The molecule has 0 spiro atoms. The molecular formula is C22H23N5O4. The molecule has 2 aromatic carbocycles. The first kappa shape index (κ1) is 20.5. The van der Waals surface area contributed by atoms with E-state index in [9.17, 15) is 14.9 Å². The van der Waals surface area contributed by atoms with Crippen LogP contribution in [0.25, 0.3) is 5.69 Å². The monoisotopic (exact) mass is 421 g/mol. The number of aromatic nitrogens is 2. The van der Waals surface area contributed by atoms with Crippen molar-refractivity contribution in [3.05, 3.63) is 82.2 Å². The van der Waals surface area contributed by atoms with Gasteiger partial charge in [0.15, 0.2) is 0 Å². The van der Waals surface area contributed by atoms with E-state index in [2.05, 4.69) is 10.4 Å². The standard InChI is InChI=1S/C22H23N5O4/c28-22(25-10-12-31-13-11-25)18-6-7-20(21(14-18)27(29)30)23-9-8-17-15-24-26(16-17)19-4-2-1-3-5-19/h1-7,14-16,23H,8-13H2. The molecule has 9 nitrogen and oxygen atoms in total. The van der Waals surface area contributed by atoms with Gasteiger partial charge in [-0.25, -0.2) is 4.68 Å². The topological polar surface area (TPSA) is 103 Å². The van der Waals surface area contributed by atoms with Crippen molar-refractivity contribution < 1.29 is 14.5 Å². The molecule has 1 aliphatic heterocycles. The summed E-state index contributed by atoms with van der Waals surface area (Å²) in [7, 11) is 0. The smallest absolute Gasteiger partial charge is 0.293 e. The van der Waals surface area contributed by atoms with Crippen LogP contribution in [0.4, 0.5) is 11.4 Å². The molecule has 0 saturated carbocycles. The number of hydrogen-bond donors (Lipinski definition) is 1. The average molecular weight is 421 g/mol. The maximum atomic E-state index is 12.6. The summed E-state index contributed by atoms with van der Waals surface area (Å²) in [5, 5.41) is 19.1. The molecule has 0 radical (unpaired) electrons. The molecule has 1 aromatic heterocycles. The Balaban J connectivity index is 1.41. The van der Waals surface area contributed by atoms with Crippen LogP contribution in [0.1, 0.15) is 15.9 Å². The van der Waals surface area contributed by atoms with Crippen molar-refractivity contribution in [2.45, 2.75) is 6.42 Å². The molecule has 1 aliphatic rings. The third-order valence-electron chi connectivity index (χ3n) is 5.13. The molecule has 0 unspecified atom stereocenters. The van der Waals surface area contributed by atoms with Crippen molar-refractivity contribution in [3.63, 3.8) is 0 Å². The normalized spacial score (nSPS) is 13.7. The Morgan fingerprint density at radius 1 is 1.16 bits per heavy atom. The first-order chi connectivity index (χ1) is 15.1. The summed E-state index contributed by atoms with van der Waals surface area (Å²) in [6.07, 6.45) is 4.38. The third kappa shape index (κ3) is 4.89. The van der Waals surface area contributed by atoms with E-state index in [0.29, 0.717) is 50.5 Å². The van der Waals surface area contributed by atoms with Crippen LogP contribution >= 0.6 is 0 Å². The van der Waals surface area contributed by atoms with Crippen molar-refractivity contribution in [1.82, 2.24) is 14.7 Å². The van der Waals surface area contributed by atoms with Crippen LogP contribution in [0, 0.1) is 10.1 Å². The Hall–Kier alpha value is -3.72. The molecule has 3 aromatic rings. The molecule has 1 amide bonds. The minimum absolute atomic E-state index is 0.112. The zero-order chi connectivity index (χ0) is 21.6. The van der Waals surface area contributed by atoms with Crippen molar-refractivity contribution in [2.75, 3.05) is 38.2 Å². The first-order valence-corrected chi connectivity index (χ1v) is 10.1. The van der Waals surface area contributed by atoms with Crippen molar-refractivity contribution in [1.29, 1.82) is 0 Å². The largest absolute Gasteiger partial charge is 0.379 e. The number of rotatable bonds is 7. The van der Waals surface area contributed by atoms with Gasteiger partial charge in [-0.05, 0) is 36.2 Å². The fourth-order valence-electron chi connectivity index (χ4n) is 3.47. The number of nitrogens with zero attached hydrogens (tertiary/aromatic N) is 4. The van der Waals surface area contributed by atoms with Crippen molar-refractivity contribution in [3.8, 4) is 5.69 Å². The van der Waals surface area contributed by atoms with E-state index in [1.54, 1.807) is 27.9 Å². The molecule has 9 heteroatoms. The number of ether oxygens (including phenoxy) is 1. The lowest BCUT2D eigenvalue weighted by molar-refractivity contribution is -0.384. The SMILES string of the molecule is O=C(c1ccc(NCCc2cnn(-c3ccccc3)c2)c([N+](=O)[O-])c1)N1CCOCC1. The number of nitrogens with one attached hydrogen (secondary N) is 1. The van der Waals surface area contributed by atoms with Gasteiger partial charge in [-0.1, -0.05) is 18.2 Å². The number of benzene rings is 2. The fourth-order valence-corrected chi connectivity index (χ4v) is 3.47. The van der Waals surface area contributed by atoms with Crippen molar-refractivity contribution in [2.24, 2.45) is 0 Å². The number of anilines is 1. The minimum atomic E-state index is -0.466. The lowest BCUT2D eigenvalue weighted by Gasteiger charge is -2.26. The van der Waals surface area contributed by atoms with Crippen LogP contribution in [-0.2, 0) is 11.2 Å². The summed E-state index contributed by atoms with van der Waals surface area (Å²) >= 11 is 0. The van der Waals surface area contributed by atoms with Crippen molar-refractivity contribution >= 4 is 17.3 Å². The van der Waals surface area contributed by atoms with Crippen LogP contribution in [0.3, 0.4) is 0 Å². The van der Waals surface area contributed by atoms with Gasteiger partial charge in [0.25, 0.3) is 11.6 Å². The van der Waals surface area contributed by atoms with Gasteiger partial charge in [0, 0.05) is 37.5 Å². The maximum Gasteiger partial charge on any atom is 0.293 e. The van der Waals surface area contributed by atoms with Gasteiger partial charge >= 0.3 is 0 Å². The number of nitro groups is 1. The second-order valence-electron chi connectivity index (χ2n) is 7.20. The number of hydrogen-bond acceptors (Lipinski definition) is 6. The molecule has 0 bridgehead atoms. The second-order valence-corrected chi connectivity index (χ2v) is 7.20. The molecule has 1 saturated heterocycles. The summed E-state index contributed by atoms with van der Waals surface area (Å²) in [4.78, 5) is 25.4. The van der Waals surface area contributed by atoms with E-state index in [-0.39, 0.29) is 11.6 Å². The molecule has 4 rings (SSSR count). The Bertz CT molecular complexity index is 1060. The highest BCUT2D eigenvalue weighted by atomic mass is 16.6. The number of carbonyl (C=O) groups is 1. The van der Waals surface area contributed by atoms with E-state index in [0.717, 1.165) is 11.3 Å². The number of para-hydroxylation sites is 1. The Kier molecular flexibility index (Phi) is 6.23. The van der Waals surface area contributed by atoms with Crippen LogP contribution in [0.5, 0.6) is 0 Å². The summed E-state index contributed by atoms with van der Waals surface area (Å²) in [6.45, 7) is 2.44. The Labute approximate surface area is 179 Å². The summed E-state index contributed by atoms with van der Waals surface area (Å²) in [5.41, 5.74) is 2.57. The van der Waals surface area contributed by atoms with E-state index >= 15 is 0 Å². The molecule has 1 N–H and O–H groups in total. The van der Waals surface area contributed by atoms with Gasteiger partial charge in [0.05, 0.1) is 30.0 Å². The van der Waals surface area contributed by atoms with Gasteiger partial charge in [-0.3, -0.25) is 14.9 Å². The average Bonchev–Trinajstić information content (AvgIpc) is 3.29. The van der Waals surface area contributed by atoms with E-state index < -0.39 is 4.92 Å². The van der Waals surface area contributed by atoms with Gasteiger partial charge in [-0.15, -0.1) is 0 Å². The third-order valence-corrected chi connectivity index (χ3v) is 5.13. The number of amides is 1. The molecular weight excluding hydrogens is 398 g/mol. The minimum Gasteiger partial charge on any atom is -0.379 e. The van der Waals surface area contributed by atoms with E-state index in [1.807, 2.05) is 36.5 Å². The Morgan fingerprint density at radius 3 is 2.68 bits per heavy atom. The summed E-state index contributed by atoms with van der Waals surface area (Å²) < 4.78 is 7.05. The van der Waals surface area contributed by atoms with Crippen LogP contribution < -0.4 is 5.32 Å². The summed E-state index contributed by atoms with van der Waals surface area (Å²) in [6, 6.07) is 14.4. The fraction of sp³-hybridized carbons (Fsp3) is 0.273. The molecule has 2 heterocycles. The van der Waals surface area contributed by atoms with Crippen LogP contribution in [0.2, 0.25) is 0 Å². The maximum absolute atomic E-state index is 12.6. The predicted octanol–water partition coefficient (Wildman–Crippen LogP) is 2.91. The zero-order valence-corrected chi connectivity index (χ0v) is 16.9. The van der Waals surface area contributed by atoms with Gasteiger partial charge in [0.1, 0.15) is 5.69 Å². The second kappa shape index (κ2) is 9.40. The highest BCUT2D eigenvalue weighted by molar-refractivity contribution is 5.95. The highest BCUT2D eigenvalue weighted by Crippen LogP contribution is 2.26. The lowest BCUT2D eigenvalue weighted by Crippen LogP contribution is -2.40. The van der Waals surface area contributed by atoms with Gasteiger partial charge in [0.2, 0.25) is 0 Å². The molecule has 1 fully saturated rings. The Morgan fingerprint density at radius 2 is 1.94 bits per heavy atom. The van der Waals surface area contributed by atoms with E-state index in [1.165, 1.54) is 6.07 Å². The van der Waals surface area contributed by atoms with E-state index in [4.69, 9.17) is 4.74 Å². The number of nitro benzene ring substituents is 1. The lowest BCUT2D eigenvalue weighted by atomic mass is 10.1. The summed E-state index contributed by atoms with van der Waals surface area (Å²) in [5.74, 6) is -0.216. The van der Waals surface area contributed by atoms with Gasteiger partial charge in [-0.2, -0.15) is 5.10 Å². The predicted molar refractivity (Wildman–Crippen MR) is 116 cm³/mol. The van der Waals surface area contributed by atoms with Crippen LogP contribution in [-0.4, -0.2) is 58.4 Å². The number of carbonyl (C=O) groups excluding carboxylic acids is 1. The number of morpholine rings is 1. The van der Waals surface area contributed by atoms with Gasteiger partial charge < -0.3 is 15.0 Å². The molecule has 31 heavy (non-hydrogen) atoms. The molecule has 160 valence electrons. The highest BCUT2D eigenvalue weighted by Gasteiger charge is 2.22. The first-order valence-electron chi connectivity index (χ1n) is 10.1.